The first-order chi connectivity index (χ1) is 19.2. The van der Waals surface area contributed by atoms with Gasteiger partial charge in [0.25, 0.3) is 0 Å². The van der Waals surface area contributed by atoms with E-state index in [0.29, 0.717) is 11.3 Å². The fourth-order valence-corrected chi connectivity index (χ4v) is 5.28. The highest BCUT2D eigenvalue weighted by Crippen LogP contribution is 2.25. The molecule has 1 aliphatic rings. The number of thiophene rings is 1. The number of esters is 1. The molecule has 0 aliphatic carbocycles. The summed E-state index contributed by atoms with van der Waals surface area (Å²) in [5.74, 6) is -0.340. The van der Waals surface area contributed by atoms with Crippen LogP contribution in [-0.2, 0) is 16.0 Å². The molecule has 224 valence electrons. The number of hydrogen-bond acceptors (Lipinski definition) is 9. The zero-order chi connectivity index (χ0) is 29.5. The molecule has 0 saturated carbocycles. The van der Waals surface area contributed by atoms with E-state index in [1.54, 1.807) is 6.07 Å². The van der Waals surface area contributed by atoms with Crippen LogP contribution in [0.4, 0.5) is 5.69 Å². The minimum absolute atomic E-state index is 0.186. The molecule has 3 unspecified atom stereocenters. The fraction of sp³-hybridized carbons (Fsp3) is 0.600. The number of amides is 1. The Balaban J connectivity index is 0.000000281. The second kappa shape index (κ2) is 18.2. The average molecular weight is 580 g/mol. The van der Waals surface area contributed by atoms with E-state index in [2.05, 4.69) is 13.8 Å². The summed E-state index contributed by atoms with van der Waals surface area (Å²) in [6.07, 6.45) is 3.46. The van der Waals surface area contributed by atoms with E-state index in [1.807, 2.05) is 35.2 Å². The number of aryl methyl sites for hydroxylation is 1. The van der Waals surface area contributed by atoms with Gasteiger partial charge in [-0.05, 0) is 49.1 Å². The van der Waals surface area contributed by atoms with E-state index in [0.717, 1.165) is 61.2 Å². The third-order valence-electron chi connectivity index (χ3n) is 6.66. The first kappa shape index (κ1) is 33.9. The maximum Gasteiger partial charge on any atom is 0.348 e. The van der Waals surface area contributed by atoms with Crippen molar-refractivity contribution in [1.82, 2.24) is 0 Å². The maximum atomic E-state index is 11.8. The van der Waals surface area contributed by atoms with Gasteiger partial charge in [0.15, 0.2) is 0 Å². The lowest BCUT2D eigenvalue weighted by molar-refractivity contribution is -0.117. The topological polar surface area (TPSA) is 148 Å². The molecule has 5 N–H and O–H groups in total. The number of unbranched alkanes of at least 4 members (excludes halogenated alkanes) is 2. The number of nitrogens with zero attached hydrogens (tertiary/aromatic N) is 1. The third kappa shape index (κ3) is 11.3. The molecule has 0 radical (unpaired) electrons. The summed E-state index contributed by atoms with van der Waals surface area (Å²) in [5, 5.41) is 47.1. The van der Waals surface area contributed by atoms with Gasteiger partial charge in [-0.2, -0.15) is 0 Å². The number of carbonyl (C=O) groups excluding carboxylic acids is 2. The van der Waals surface area contributed by atoms with Crippen molar-refractivity contribution in [3.05, 3.63) is 51.7 Å². The van der Waals surface area contributed by atoms with Crippen LogP contribution < -0.4 is 4.90 Å². The molecule has 1 aromatic heterocycles. The molecule has 3 rings (SSSR count). The summed E-state index contributed by atoms with van der Waals surface area (Å²) in [5.41, 5.74) is 1.90. The van der Waals surface area contributed by atoms with Crippen LogP contribution in [0, 0.1) is 0 Å². The van der Waals surface area contributed by atoms with Crippen LogP contribution in [0.15, 0.2) is 36.4 Å². The van der Waals surface area contributed by atoms with Crippen LogP contribution in [0.2, 0.25) is 0 Å². The Hall–Kier alpha value is -2.34. The van der Waals surface area contributed by atoms with Crippen LogP contribution in [-0.4, -0.2) is 75.5 Å². The van der Waals surface area contributed by atoms with Crippen LogP contribution in [0.1, 0.15) is 91.4 Å². The van der Waals surface area contributed by atoms with Gasteiger partial charge < -0.3 is 35.2 Å². The molecule has 1 aliphatic heterocycles. The van der Waals surface area contributed by atoms with Crippen molar-refractivity contribution in [1.29, 1.82) is 0 Å². The van der Waals surface area contributed by atoms with Gasteiger partial charge >= 0.3 is 5.97 Å². The second-order valence-corrected chi connectivity index (χ2v) is 11.2. The zero-order valence-corrected chi connectivity index (χ0v) is 24.4. The van der Waals surface area contributed by atoms with Gasteiger partial charge in [0.1, 0.15) is 17.6 Å². The smallest absolute Gasteiger partial charge is 0.348 e. The van der Waals surface area contributed by atoms with Crippen molar-refractivity contribution in [3.8, 4) is 0 Å². The summed E-state index contributed by atoms with van der Waals surface area (Å²) in [4.78, 5) is 26.8. The van der Waals surface area contributed by atoms with Crippen molar-refractivity contribution in [2.24, 2.45) is 0 Å². The largest absolute Gasteiger partial charge is 0.459 e. The Morgan fingerprint density at radius 1 is 1.00 bits per heavy atom. The van der Waals surface area contributed by atoms with Crippen LogP contribution in [0.25, 0.3) is 0 Å². The summed E-state index contributed by atoms with van der Waals surface area (Å²) < 4.78 is 4.94. The highest BCUT2D eigenvalue weighted by Gasteiger charge is 2.23. The molecule has 1 aromatic carbocycles. The molecular weight excluding hydrogens is 534 g/mol. The normalized spacial score (nSPS) is 16.2. The summed E-state index contributed by atoms with van der Waals surface area (Å²) in [6.45, 7) is 4.17. The van der Waals surface area contributed by atoms with Gasteiger partial charge in [-0.25, -0.2) is 4.79 Å². The number of carbonyl (C=O) groups is 2. The van der Waals surface area contributed by atoms with E-state index in [4.69, 9.17) is 14.9 Å². The van der Waals surface area contributed by atoms with Gasteiger partial charge in [0.2, 0.25) is 5.91 Å². The predicted molar refractivity (Wildman–Crippen MR) is 155 cm³/mol. The molecular formula is C30H45NO8S. The number of aliphatic hydroxyl groups excluding tert-OH is 5. The lowest BCUT2D eigenvalue weighted by Crippen LogP contribution is -2.35. The Kier molecular flexibility index (Phi) is 15.4. The lowest BCUT2D eigenvalue weighted by atomic mass is 10.0. The van der Waals surface area contributed by atoms with Crippen molar-refractivity contribution in [2.45, 2.75) is 96.1 Å². The molecule has 40 heavy (non-hydrogen) atoms. The SMILES string of the molecule is CCCCC[C@H](O)c1ccc(N2CCCC2=O)cc1.CCCc1ccc(C(=O)OCC(O)C(O)CC(O)CO)s1. The van der Waals surface area contributed by atoms with Crippen molar-refractivity contribution >= 4 is 28.9 Å². The summed E-state index contributed by atoms with van der Waals surface area (Å²) >= 11 is 1.35. The maximum absolute atomic E-state index is 11.8. The Labute approximate surface area is 241 Å². The Morgan fingerprint density at radius 3 is 2.33 bits per heavy atom. The van der Waals surface area contributed by atoms with Crippen LogP contribution in [0.5, 0.6) is 0 Å². The van der Waals surface area contributed by atoms with Gasteiger partial charge in [0.05, 0.1) is 24.9 Å². The molecule has 2 aromatic rings. The number of hydrogen-bond donors (Lipinski definition) is 5. The van der Waals surface area contributed by atoms with E-state index in [1.165, 1.54) is 17.8 Å². The zero-order valence-electron chi connectivity index (χ0n) is 23.6. The monoisotopic (exact) mass is 579 g/mol. The molecule has 2 heterocycles. The van der Waals surface area contributed by atoms with Crippen molar-refractivity contribution < 1.29 is 39.9 Å². The molecule has 9 nitrogen and oxygen atoms in total. The molecule has 4 atom stereocenters. The van der Waals surface area contributed by atoms with Crippen LogP contribution >= 0.6 is 11.3 Å². The first-order valence-electron chi connectivity index (χ1n) is 14.2. The van der Waals surface area contributed by atoms with E-state index < -0.39 is 30.9 Å². The highest BCUT2D eigenvalue weighted by molar-refractivity contribution is 7.13. The van der Waals surface area contributed by atoms with Crippen molar-refractivity contribution in [3.63, 3.8) is 0 Å². The number of benzene rings is 1. The standard InChI is InChI=1S/C16H23NO2.C14H22O6S/c1-2-3-4-6-15(18)13-8-10-14(11-9-13)17-12-5-7-16(17)19;1-2-3-10-4-5-13(21-10)14(19)20-8-12(18)11(17)6-9(16)7-15/h8-11,15,18H,2-7,12H2,1H3;4-5,9,11-12,15-18H,2-3,6-8H2,1H3/t15-;/m0./s1. The Bertz CT molecular complexity index is 1010. The predicted octanol–water partition coefficient (Wildman–Crippen LogP) is 3.75. The van der Waals surface area contributed by atoms with E-state index >= 15 is 0 Å². The van der Waals surface area contributed by atoms with E-state index in [9.17, 15) is 24.9 Å². The number of ether oxygens (including phenoxy) is 1. The first-order valence-corrected chi connectivity index (χ1v) is 15.0. The molecule has 10 heteroatoms. The second-order valence-electron chi connectivity index (χ2n) is 10.1. The summed E-state index contributed by atoms with van der Waals surface area (Å²) in [6, 6.07) is 11.3. The van der Waals surface area contributed by atoms with Gasteiger partial charge in [-0.15, -0.1) is 11.3 Å². The van der Waals surface area contributed by atoms with Crippen LogP contribution in [0.3, 0.4) is 0 Å². The average Bonchev–Trinajstić information content (AvgIpc) is 3.61. The molecule has 1 fully saturated rings. The number of anilines is 1. The lowest BCUT2D eigenvalue weighted by Gasteiger charge is -2.19. The number of rotatable bonds is 15. The fourth-order valence-electron chi connectivity index (χ4n) is 4.27. The van der Waals surface area contributed by atoms with Gasteiger partial charge in [-0.1, -0.05) is 51.7 Å². The minimum atomic E-state index is -1.30. The minimum Gasteiger partial charge on any atom is -0.459 e. The molecule has 0 bridgehead atoms. The Morgan fingerprint density at radius 2 is 1.73 bits per heavy atom. The quantitative estimate of drug-likeness (QED) is 0.158. The highest BCUT2D eigenvalue weighted by atomic mass is 32.1. The summed E-state index contributed by atoms with van der Waals surface area (Å²) in [7, 11) is 0. The van der Waals surface area contributed by atoms with E-state index in [-0.39, 0.29) is 25.0 Å². The van der Waals surface area contributed by atoms with Crippen molar-refractivity contribution in [2.75, 3.05) is 24.7 Å². The number of aliphatic hydroxyl groups is 5. The molecule has 0 spiro atoms. The van der Waals surface area contributed by atoms with Gasteiger partial charge in [-0.3, -0.25) is 4.79 Å². The third-order valence-corrected chi connectivity index (χ3v) is 7.78. The molecule has 1 saturated heterocycles. The van der Waals surface area contributed by atoms with Gasteiger partial charge in [0, 0.05) is 30.0 Å². The molecule has 1 amide bonds.